The molecule has 0 N–H and O–H groups in total. The predicted molar refractivity (Wildman–Crippen MR) is 72.4 cm³/mol. The fourth-order valence-corrected chi connectivity index (χ4v) is 2.03. The highest BCUT2D eigenvalue weighted by Crippen LogP contribution is 2.31. The van der Waals surface area contributed by atoms with Gasteiger partial charge in [-0.15, -0.1) is 0 Å². The molecular weight excluding hydrogens is 246 g/mol. The molecule has 0 spiro atoms. The Morgan fingerprint density at radius 2 is 1.61 bits per heavy atom. The molecule has 0 aliphatic heterocycles. The van der Waals surface area contributed by atoms with E-state index in [-0.39, 0.29) is 0 Å². The lowest BCUT2D eigenvalue weighted by molar-refractivity contribution is 0.575. The second-order valence-electron chi connectivity index (χ2n) is 3.89. The monoisotopic (exact) mass is 255 g/mol. The van der Waals surface area contributed by atoms with Crippen molar-refractivity contribution >= 4 is 11.6 Å². The van der Waals surface area contributed by atoms with Crippen LogP contribution in [-0.2, 0) is 0 Å². The summed E-state index contributed by atoms with van der Waals surface area (Å²) in [6.07, 6.45) is 3.22. The third-order valence-electron chi connectivity index (χ3n) is 2.75. The fraction of sp³-hybridized carbons (Fsp3) is 0. The second kappa shape index (κ2) is 4.67. The third-order valence-corrected chi connectivity index (χ3v) is 3.00. The molecule has 1 heterocycles. The summed E-state index contributed by atoms with van der Waals surface area (Å²) in [4.78, 5) is 4.20. The van der Waals surface area contributed by atoms with Gasteiger partial charge in [-0.25, -0.2) is 4.98 Å². The zero-order valence-electron chi connectivity index (χ0n) is 9.51. The number of nitrogens with zero attached hydrogens (tertiary/aromatic N) is 1. The first-order chi connectivity index (χ1) is 8.84. The fourth-order valence-electron chi connectivity index (χ4n) is 1.91. The SMILES string of the molecule is Clc1ccc(-c2ccccc2-c2ncco2)cc1. The van der Waals surface area contributed by atoms with Gasteiger partial charge in [0.15, 0.2) is 0 Å². The summed E-state index contributed by atoms with van der Waals surface area (Å²) in [5.41, 5.74) is 3.15. The normalized spacial score (nSPS) is 10.5. The molecular formula is C15H10ClNO. The van der Waals surface area contributed by atoms with Crippen LogP contribution in [0, 0.1) is 0 Å². The molecule has 0 saturated carbocycles. The van der Waals surface area contributed by atoms with Crippen LogP contribution < -0.4 is 0 Å². The first-order valence-electron chi connectivity index (χ1n) is 5.59. The summed E-state index contributed by atoms with van der Waals surface area (Å²) in [5.74, 6) is 0.626. The van der Waals surface area contributed by atoms with Crippen LogP contribution in [0.25, 0.3) is 22.6 Å². The molecule has 2 aromatic carbocycles. The van der Waals surface area contributed by atoms with Gasteiger partial charge in [0.2, 0.25) is 5.89 Å². The van der Waals surface area contributed by atoms with Gasteiger partial charge in [-0.05, 0) is 29.3 Å². The van der Waals surface area contributed by atoms with E-state index in [0.717, 1.165) is 21.7 Å². The van der Waals surface area contributed by atoms with Crippen LogP contribution in [0.5, 0.6) is 0 Å². The van der Waals surface area contributed by atoms with E-state index >= 15 is 0 Å². The molecule has 3 rings (SSSR count). The van der Waals surface area contributed by atoms with Crippen molar-refractivity contribution in [3.05, 3.63) is 66.0 Å². The molecule has 0 unspecified atom stereocenters. The number of aromatic nitrogens is 1. The van der Waals surface area contributed by atoms with Gasteiger partial charge in [0.1, 0.15) is 6.26 Å². The molecule has 3 heteroatoms. The maximum absolute atomic E-state index is 5.91. The molecule has 0 atom stereocenters. The van der Waals surface area contributed by atoms with Crippen LogP contribution in [0.3, 0.4) is 0 Å². The van der Waals surface area contributed by atoms with Gasteiger partial charge in [0, 0.05) is 10.6 Å². The predicted octanol–water partition coefficient (Wildman–Crippen LogP) is 4.66. The van der Waals surface area contributed by atoms with Crippen molar-refractivity contribution in [2.24, 2.45) is 0 Å². The lowest BCUT2D eigenvalue weighted by atomic mass is 10.00. The van der Waals surface area contributed by atoms with E-state index in [2.05, 4.69) is 4.98 Å². The minimum absolute atomic E-state index is 0.626. The Hall–Kier alpha value is -2.06. The number of rotatable bonds is 2. The molecule has 1 aromatic heterocycles. The first-order valence-corrected chi connectivity index (χ1v) is 5.97. The highest BCUT2D eigenvalue weighted by atomic mass is 35.5. The molecule has 88 valence electrons. The Morgan fingerprint density at radius 1 is 0.889 bits per heavy atom. The largest absolute Gasteiger partial charge is 0.445 e. The standard InChI is InChI=1S/C15H10ClNO/c16-12-7-5-11(6-8-12)13-3-1-2-4-14(13)15-17-9-10-18-15/h1-10H. The maximum atomic E-state index is 5.91. The molecule has 0 aliphatic rings. The average Bonchev–Trinajstić information content (AvgIpc) is 2.93. The summed E-state index contributed by atoms with van der Waals surface area (Å²) >= 11 is 5.91. The van der Waals surface area contributed by atoms with E-state index in [1.807, 2.05) is 48.5 Å². The summed E-state index contributed by atoms with van der Waals surface area (Å²) in [6.45, 7) is 0. The Morgan fingerprint density at radius 3 is 2.28 bits per heavy atom. The lowest BCUT2D eigenvalue weighted by Crippen LogP contribution is -1.84. The van der Waals surface area contributed by atoms with Gasteiger partial charge in [-0.3, -0.25) is 0 Å². The molecule has 0 saturated heterocycles. The molecule has 18 heavy (non-hydrogen) atoms. The quantitative estimate of drug-likeness (QED) is 0.665. The number of hydrogen-bond donors (Lipinski definition) is 0. The molecule has 3 aromatic rings. The number of hydrogen-bond acceptors (Lipinski definition) is 2. The highest BCUT2D eigenvalue weighted by molar-refractivity contribution is 6.30. The van der Waals surface area contributed by atoms with Crippen molar-refractivity contribution in [2.75, 3.05) is 0 Å². The Balaban J connectivity index is 2.15. The van der Waals surface area contributed by atoms with Crippen molar-refractivity contribution in [2.45, 2.75) is 0 Å². The van der Waals surface area contributed by atoms with Crippen LogP contribution in [-0.4, -0.2) is 4.98 Å². The van der Waals surface area contributed by atoms with Crippen LogP contribution in [0.1, 0.15) is 0 Å². The van der Waals surface area contributed by atoms with Gasteiger partial charge in [0.05, 0.1) is 6.20 Å². The Kier molecular flexibility index (Phi) is 2.87. The zero-order valence-corrected chi connectivity index (χ0v) is 10.3. The summed E-state index contributed by atoms with van der Waals surface area (Å²) < 4.78 is 5.37. The van der Waals surface area contributed by atoms with E-state index in [1.54, 1.807) is 12.5 Å². The van der Waals surface area contributed by atoms with Gasteiger partial charge < -0.3 is 4.42 Å². The van der Waals surface area contributed by atoms with E-state index in [1.165, 1.54) is 0 Å². The topological polar surface area (TPSA) is 26.0 Å². The van der Waals surface area contributed by atoms with Crippen molar-refractivity contribution in [1.29, 1.82) is 0 Å². The van der Waals surface area contributed by atoms with Crippen molar-refractivity contribution in [3.8, 4) is 22.6 Å². The summed E-state index contributed by atoms with van der Waals surface area (Å²) in [6, 6.07) is 15.7. The van der Waals surface area contributed by atoms with Crippen LogP contribution in [0.2, 0.25) is 5.02 Å². The summed E-state index contributed by atoms with van der Waals surface area (Å²) in [5, 5.41) is 0.729. The van der Waals surface area contributed by atoms with Crippen molar-refractivity contribution in [1.82, 2.24) is 4.98 Å². The molecule has 0 aliphatic carbocycles. The third kappa shape index (κ3) is 2.03. The first kappa shape index (κ1) is 11.1. The van der Waals surface area contributed by atoms with Crippen LogP contribution >= 0.6 is 11.6 Å². The Bertz CT molecular complexity index is 645. The zero-order chi connectivity index (χ0) is 12.4. The minimum Gasteiger partial charge on any atom is -0.445 e. The van der Waals surface area contributed by atoms with Crippen molar-refractivity contribution < 1.29 is 4.42 Å². The minimum atomic E-state index is 0.626. The van der Waals surface area contributed by atoms with Gasteiger partial charge >= 0.3 is 0 Å². The molecule has 2 nitrogen and oxygen atoms in total. The number of halogens is 1. The van der Waals surface area contributed by atoms with Crippen molar-refractivity contribution in [3.63, 3.8) is 0 Å². The average molecular weight is 256 g/mol. The molecule has 0 radical (unpaired) electrons. The summed E-state index contributed by atoms with van der Waals surface area (Å²) in [7, 11) is 0. The van der Waals surface area contributed by atoms with Crippen LogP contribution in [0.4, 0.5) is 0 Å². The van der Waals surface area contributed by atoms with E-state index < -0.39 is 0 Å². The molecule has 0 fully saturated rings. The maximum Gasteiger partial charge on any atom is 0.226 e. The smallest absolute Gasteiger partial charge is 0.226 e. The van der Waals surface area contributed by atoms with E-state index in [9.17, 15) is 0 Å². The molecule has 0 bridgehead atoms. The van der Waals surface area contributed by atoms with Gasteiger partial charge in [-0.1, -0.05) is 41.9 Å². The van der Waals surface area contributed by atoms with Gasteiger partial charge in [-0.2, -0.15) is 0 Å². The molecule has 0 amide bonds. The number of benzene rings is 2. The van der Waals surface area contributed by atoms with E-state index in [0.29, 0.717) is 5.89 Å². The highest BCUT2D eigenvalue weighted by Gasteiger charge is 2.09. The number of oxazole rings is 1. The Labute approximate surface area is 110 Å². The van der Waals surface area contributed by atoms with E-state index in [4.69, 9.17) is 16.0 Å². The second-order valence-corrected chi connectivity index (χ2v) is 4.33. The van der Waals surface area contributed by atoms with Crippen LogP contribution in [0.15, 0.2) is 65.4 Å². The lowest BCUT2D eigenvalue weighted by Gasteiger charge is -2.06. The van der Waals surface area contributed by atoms with Gasteiger partial charge in [0.25, 0.3) is 0 Å².